The van der Waals surface area contributed by atoms with Crippen LogP contribution in [-0.4, -0.2) is 10.9 Å². The van der Waals surface area contributed by atoms with Crippen molar-refractivity contribution >= 4 is 11.9 Å². The molecule has 0 radical (unpaired) electrons. The molecule has 2 aromatic carbocycles. The summed E-state index contributed by atoms with van der Waals surface area (Å²) in [5.41, 5.74) is 3.16. The van der Waals surface area contributed by atoms with Crippen LogP contribution in [-0.2, 0) is 0 Å². The number of phenols is 1. The van der Waals surface area contributed by atoms with E-state index in [4.69, 9.17) is 0 Å². The van der Waals surface area contributed by atoms with E-state index in [-0.39, 0.29) is 17.3 Å². The van der Waals surface area contributed by atoms with Crippen LogP contribution < -0.4 is 0 Å². The number of hydrogen-bond donors (Lipinski definition) is 1. The molecule has 0 fully saturated rings. The molecular formula is C20H15FO2. The number of hydrogen-bond acceptors (Lipinski definition) is 2. The van der Waals surface area contributed by atoms with Crippen LogP contribution in [0.5, 0.6) is 5.75 Å². The van der Waals surface area contributed by atoms with Crippen LogP contribution in [0.25, 0.3) is 6.08 Å². The third kappa shape index (κ3) is 3.64. The first kappa shape index (κ1) is 15.0. The van der Waals surface area contributed by atoms with Gasteiger partial charge < -0.3 is 5.11 Å². The van der Waals surface area contributed by atoms with Crippen molar-refractivity contribution in [3.05, 3.63) is 94.8 Å². The maximum absolute atomic E-state index is 12.9. The van der Waals surface area contributed by atoms with Crippen molar-refractivity contribution < 1.29 is 14.3 Å². The summed E-state index contributed by atoms with van der Waals surface area (Å²) in [6.45, 7) is 0. The average Bonchev–Trinajstić information content (AvgIpc) is 2.58. The average molecular weight is 306 g/mol. The Morgan fingerprint density at radius 2 is 1.70 bits per heavy atom. The number of Topliss-reactive ketones (excluding diaryl/α,β-unsaturated/α-hetero) is 1. The molecule has 114 valence electrons. The second-order valence-electron chi connectivity index (χ2n) is 5.34. The molecule has 2 nitrogen and oxygen atoms in total. The van der Waals surface area contributed by atoms with Gasteiger partial charge in [0.25, 0.3) is 0 Å². The Morgan fingerprint density at radius 1 is 1.00 bits per heavy atom. The third-order valence-corrected chi connectivity index (χ3v) is 3.65. The van der Waals surface area contributed by atoms with Gasteiger partial charge in [0.1, 0.15) is 11.6 Å². The number of phenolic OH excluding ortho intramolecular Hbond substituents is 1. The van der Waals surface area contributed by atoms with Gasteiger partial charge in [0, 0.05) is 11.1 Å². The number of carbonyl (C=O) groups is 1. The van der Waals surface area contributed by atoms with Crippen LogP contribution in [0.1, 0.15) is 22.3 Å². The molecule has 23 heavy (non-hydrogen) atoms. The molecule has 0 saturated carbocycles. The number of rotatable bonds is 3. The summed E-state index contributed by atoms with van der Waals surface area (Å²) >= 11 is 0. The minimum absolute atomic E-state index is 0.0675. The van der Waals surface area contributed by atoms with E-state index < -0.39 is 0 Å². The van der Waals surface area contributed by atoms with E-state index in [1.165, 1.54) is 24.3 Å². The smallest absolute Gasteiger partial charge is 0.192 e. The Morgan fingerprint density at radius 3 is 2.30 bits per heavy atom. The van der Waals surface area contributed by atoms with Gasteiger partial charge in [-0.25, -0.2) is 4.39 Å². The topological polar surface area (TPSA) is 37.3 Å². The molecule has 0 aromatic heterocycles. The Balaban J connectivity index is 1.73. The SMILES string of the molecule is O=C(C1=CCC(=Cc2ccc(F)cc2)C=C1)c1ccc(O)cc1. The predicted molar refractivity (Wildman–Crippen MR) is 88.7 cm³/mol. The van der Waals surface area contributed by atoms with Crippen LogP contribution in [0.2, 0.25) is 0 Å². The predicted octanol–water partition coefficient (Wildman–Crippen LogP) is 4.68. The fourth-order valence-corrected chi connectivity index (χ4v) is 2.39. The zero-order valence-corrected chi connectivity index (χ0v) is 12.4. The normalized spacial score (nSPS) is 15.5. The maximum Gasteiger partial charge on any atom is 0.192 e. The van der Waals surface area contributed by atoms with Crippen LogP contribution in [0.3, 0.4) is 0 Å². The molecule has 1 aliphatic rings. The number of allylic oxidation sites excluding steroid dienone is 5. The lowest BCUT2D eigenvalue weighted by Crippen LogP contribution is -2.03. The zero-order valence-electron chi connectivity index (χ0n) is 12.4. The standard InChI is InChI=1S/C20H15FO2/c21-18-9-3-15(4-10-18)13-14-1-5-16(6-2-14)20(23)17-7-11-19(22)12-8-17/h1,3-13,22H,2H2. The molecule has 0 bridgehead atoms. The molecule has 0 spiro atoms. The fraction of sp³-hybridized carbons (Fsp3) is 0.0500. The van der Waals surface area contributed by atoms with Crippen LogP contribution in [0, 0.1) is 5.82 Å². The summed E-state index contributed by atoms with van der Waals surface area (Å²) in [5, 5.41) is 9.27. The van der Waals surface area contributed by atoms with Gasteiger partial charge in [0.2, 0.25) is 0 Å². The molecule has 0 unspecified atom stereocenters. The van der Waals surface area contributed by atoms with E-state index in [0.29, 0.717) is 17.6 Å². The van der Waals surface area contributed by atoms with Crippen molar-refractivity contribution in [2.75, 3.05) is 0 Å². The van der Waals surface area contributed by atoms with E-state index >= 15 is 0 Å². The molecule has 0 heterocycles. The van der Waals surface area contributed by atoms with Crippen molar-refractivity contribution in [3.8, 4) is 5.75 Å². The molecule has 1 N–H and O–H groups in total. The Hall–Kier alpha value is -2.94. The highest BCUT2D eigenvalue weighted by atomic mass is 19.1. The van der Waals surface area contributed by atoms with Crippen LogP contribution >= 0.6 is 0 Å². The molecule has 0 aliphatic heterocycles. The highest BCUT2D eigenvalue weighted by Gasteiger charge is 2.12. The number of halogens is 1. The molecule has 1 aliphatic carbocycles. The second-order valence-corrected chi connectivity index (χ2v) is 5.34. The first-order chi connectivity index (χ1) is 11.1. The summed E-state index contributed by atoms with van der Waals surface area (Å²) in [4.78, 5) is 12.4. The van der Waals surface area contributed by atoms with Crippen molar-refractivity contribution in [3.63, 3.8) is 0 Å². The minimum Gasteiger partial charge on any atom is -0.508 e. The van der Waals surface area contributed by atoms with E-state index in [1.807, 2.05) is 18.2 Å². The maximum atomic E-state index is 12.9. The van der Waals surface area contributed by atoms with Crippen molar-refractivity contribution in [2.45, 2.75) is 6.42 Å². The van der Waals surface area contributed by atoms with E-state index in [9.17, 15) is 14.3 Å². The zero-order chi connectivity index (χ0) is 16.2. The summed E-state index contributed by atoms with van der Waals surface area (Å²) < 4.78 is 12.9. The van der Waals surface area contributed by atoms with Crippen molar-refractivity contribution in [1.29, 1.82) is 0 Å². The first-order valence-corrected chi connectivity index (χ1v) is 7.30. The Kier molecular flexibility index (Phi) is 4.20. The molecule has 0 saturated heterocycles. The molecule has 3 heteroatoms. The minimum atomic E-state index is -0.256. The molecule has 0 amide bonds. The van der Waals surface area contributed by atoms with Gasteiger partial charge in [-0.1, -0.05) is 36.4 Å². The molecular weight excluding hydrogens is 291 g/mol. The monoisotopic (exact) mass is 306 g/mol. The first-order valence-electron chi connectivity index (χ1n) is 7.30. The fourth-order valence-electron chi connectivity index (χ4n) is 2.39. The molecule has 0 atom stereocenters. The highest BCUT2D eigenvalue weighted by molar-refractivity contribution is 6.10. The summed E-state index contributed by atoms with van der Waals surface area (Å²) in [6, 6.07) is 12.5. The van der Waals surface area contributed by atoms with E-state index in [2.05, 4.69) is 0 Å². The van der Waals surface area contributed by atoms with Gasteiger partial charge in [-0.3, -0.25) is 4.79 Å². The van der Waals surface area contributed by atoms with E-state index in [0.717, 1.165) is 11.1 Å². The quantitative estimate of drug-likeness (QED) is 0.836. The van der Waals surface area contributed by atoms with E-state index in [1.54, 1.807) is 30.3 Å². The third-order valence-electron chi connectivity index (χ3n) is 3.65. The highest BCUT2D eigenvalue weighted by Crippen LogP contribution is 2.22. The van der Waals surface area contributed by atoms with Crippen molar-refractivity contribution in [2.24, 2.45) is 0 Å². The van der Waals surface area contributed by atoms with Crippen molar-refractivity contribution in [1.82, 2.24) is 0 Å². The number of aromatic hydroxyl groups is 1. The van der Waals surface area contributed by atoms with Gasteiger partial charge in [-0.05, 0) is 54.0 Å². The van der Waals surface area contributed by atoms with Gasteiger partial charge in [0.05, 0.1) is 0 Å². The lowest BCUT2D eigenvalue weighted by molar-refractivity contribution is 0.103. The van der Waals surface area contributed by atoms with Gasteiger partial charge >= 0.3 is 0 Å². The number of benzene rings is 2. The lowest BCUT2D eigenvalue weighted by atomic mass is 9.95. The second kappa shape index (κ2) is 6.44. The van der Waals surface area contributed by atoms with Gasteiger partial charge in [-0.2, -0.15) is 0 Å². The summed E-state index contributed by atoms with van der Waals surface area (Å²) in [7, 11) is 0. The molecule has 2 aromatic rings. The number of carbonyl (C=O) groups excluding carboxylic acids is 1. The Labute approximate surface area is 133 Å². The molecule has 3 rings (SSSR count). The van der Waals surface area contributed by atoms with Gasteiger partial charge in [-0.15, -0.1) is 0 Å². The largest absolute Gasteiger partial charge is 0.508 e. The Bertz CT molecular complexity index is 810. The number of ketones is 1. The lowest BCUT2D eigenvalue weighted by Gasteiger charge is -2.09. The van der Waals surface area contributed by atoms with Crippen LogP contribution in [0.4, 0.5) is 4.39 Å². The summed E-state index contributed by atoms with van der Waals surface area (Å²) in [5.74, 6) is -0.186. The summed E-state index contributed by atoms with van der Waals surface area (Å²) in [6.07, 6.45) is 8.18. The van der Waals surface area contributed by atoms with Crippen LogP contribution in [0.15, 0.2) is 77.9 Å². The van der Waals surface area contributed by atoms with Gasteiger partial charge in [0.15, 0.2) is 5.78 Å².